The molecule has 1 aromatic rings. The zero-order chi connectivity index (χ0) is 8.27. The summed E-state index contributed by atoms with van der Waals surface area (Å²) in [5.41, 5.74) is 1.91. The fraction of sp³-hybridized carbons (Fsp3) is 0.222. The van der Waals surface area contributed by atoms with Gasteiger partial charge in [-0.3, -0.25) is 4.99 Å². The maximum absolute atomic E-state index is 5.08. The fourth-order valence-corrected chi connectivity index (χ4v) is 0.999. The van der Waals surface area contributed by atoms with E-state index in [2.05, 4.69) is 11.7 Å². The van der Waals surface area contributed by atoms with E-state index in [1.165, 1.54) is 0 Å². The summed E-state index contributed by atoms with van der Waals surface area (Å²) < 4.78 is 5.08. The first-order chi connectivity index (χ1) is 5.29. The van der Waals surface area contributed by atoms with E-state index >= 15 is 0 Å². The number of methoxy groups -OCH3 is 1. The zero-order valence-electron chi connectivity index (χ0n) is 6.79. The second-order valence-electron chi connectivity index (χ2n) is 2.28. The van der Waals surface area contributed by atoms with Crippen LogP contribution < -0.4 is 4.74 Å². The van der Waals surface area contributed by atoms with Crippen LogP contribution in [0.3, 0.4) is 0 Å². The van der Waals surface area contributed by atoms with Gasteiger partial charge >= 0.3 is 0 Å². The number of benzene rings is 1. The standard InChI is InChI=1S/C9H11NO/c1-7-5-4-6-8(11-3)9(7)10-2/h4-6H,2H2,1,3H3. The lowest BCUT2D eigenvalue weighted by molar-refractivity contribution is 0.416. The van der Waals surface area contributed by atoms with Gasteiger partial charge in [-0.25, -0.2) is 0 Å². The van der Waals surface area contributed by atoms with Crippen LogP contribution in [0.5, 0.6) is 5.75 Å². The van der Waals surface area contributed by atoms with Crippen molar-refractivity contribution in [3.63, 3.8) is 0 Å². The molecule has 1 aromatic carbocycles. The van der Waals surface area contributed by atoms with Crippen LogP contribution in [0, 0.1) is 6.92 Å². The third-order valence-electron chi connectivity index (χ3n) is 1.58. The average molecular weight is 149 g/mol. The molecule has 2 nitrogen and oxygen atoms in total. The number of rotatable bonds is 2. The molecule has 11 heavy (non-hydrogen) atoms. The highest BCUT2D eigenvalue weighted by molar-refractivity contribution is 5.60. The SMILES string of the molecule is C=Nc1c(C)cccc1OC. The van der Waals surface area contributed by atoms with Crippen molar-refractivity contribution in [3.05, 3.63) is 23.8 Å². The Morgan fingerprint density at radius 1 is 1.45 bits per heavy atom. The quantitative estimate of drug-likeness (QED) is 0.591. The molecule has 0 spiro atoms. The molecule has 0 fully saturated rings. The van der Waals surface area contributed by atoms with Gasteiger partial charge in [-0.05, 0) is 25.3 Å². The molecule has 0 N–H and O–H groups in total. The van der Waals surface area contributed by atoms with Gasteiger partial charge in [-0.2, -0.15) is 0 Å². The molecule has 0 saturated heterocycles. The molecule has 1 rings (SSSR count). The van der Waals surface area contributed by atoms with E-state index in [1.807, 2.05) is 25.1 Å². The van der Waals surface area contributed by atoms with Crippen molar-refractivity contribution in [2.24, 2.45) is 4.99 Å². The Hall–Kier alpha value is -1.31. The van der Waals surface area contributed by atoms with E-state index < -0.39 is 0 Å². The number of aryl methyl sites for hydroxylation is 1. The molecule has 0 aliphatic rings. The Morgan fingerprint density at radius 2 is 2.18 bits per heavy atom. The third kappa shape index (κ3) is 1.40. The minimum absolute atomic E-state index is 0.778. The monoisotopic (exact) mass is 149 g/mol. The lowest BCUT2D eigenvalue weighted by Crippen LogP contribution is -1.84. The third-order valence-corrected chi connectivity index (χ3v) is 1.58. The van der Waals surface area contributed by atoms with Gasteiger partial charge in [0.05, 0.1) is 7.11 Å². The normalized spacial score (nSPS) is 9.27. The van der Waals surface area contributed by atoms with Crippen LogP contribution >= 0.6 is 0 Å². The molecular weight excluding hydrogens is 138 g/mol. The lowest BCUT2D eigenvalue weighted by atomic mass is 10.2. The molecule has 0 aromatic heterocycles. The van der Waals surface area contributed by atoms with Crippen LogP contribution in [-0.4, -0.2) is 13.8 Å². The van der Waals surface area contributed by atoms with Crippen molar-refractivity contribution in [1.82, 2.24) is 0 Å². The number of ether oxygens (including phenoxy) is 1. The Kier molecular flexibility index (Phi) is 2.26. The van der Waals surface area contributed by atoms with Crippen LogP contribution in [0.15, 0.2) is 23.2 Å². The van der Waals surface area contributed by atoms with Gasteiger partial charge in [-0.15, -0.1) is 0 Å². The molecule has 0 amide bonds. The first kappa shape index (κ1) is 7.79. The minimum Gasteiger partial charge on any atom is -0.494 e. The van der Waals surface area contributed by atoms with E-state index in [4.69, 9.17) is 4.74 Å². The zero-order valence-corrected chi connectivity index (χ0v) is 6.79. The first-order valence-corrected chi connectivity index (χ1v) is 3.40. The molecule has 0 saturated carbocycles. The van der Waals surface area contributed by atoms with E-state index in [-0.39, 0.29) is 0 Å². The molecule has 0 radical (unpaired) electrons. The molecule has 0 aliphatic carbocycles. The molecule has 58 valence electrons. The average Bonchev–Trinajstić information content (AvgIpc) is 2.04. The van der Waals surface area contributed by atoms with E-state index in [9.17, 15) is 0 Å². The molecule has 0 aliphatic heterocycles. The van der Waals surface area contributed by atoms with Crippen molar-refractivity contribution in [1.29, 1.82) is 0 Å². The van der Waals surface area contributed by atoms with E-state index in [1.54, 1.807) is 7.11 Å². The molecule has 0 bridgehead atoms. The number of para-hydroxylation sites is 1. The van der Waals surface area contributed by atoms with Gasteiger partial charge in [0.15, 0.2) is 0 Å². The van der Waals surface area contributed by atoms with Gasteiger partial charge in [0.2, 0.25) is 0 Å². The topological polar surface area (TPSA) is 21.6 Å². The smallest absolute Gasteiger partial charge is 0.144 e. The number of hydrogen-bond acceptors (Lipinski definition) is 2. The van der Waals surface area contributed by atoms with Crippen molar-refractivity contribution < 1.29 is 4.74 Å². The van der Waals surface area contributed by atoms with Crippen molar-refractivity contribution >= 4 is 12.4 Å². The summed E-state index contributed by atoms with van der Waals surface area (Å²) >= 11 is 0. The lowest BCUT2D eigenvalue weighted by Gasteiger charge is -2.05. The van der Waals surface area contributed by atoms with Crippen LogP contribution in [0.4, 0.5) is 5.69 Å². The number of aliphatic imine (C=N–C) groups is 1. The molecule has 0 heterocycles. The summed E-state index contributed by atoms with van der Waals surface area (Å²) in [6.45, 7) is 5.45. The molecule has 0 atom stereocenters. The number of nitrogens with zero attached hydrogens (tertiary/aromatic N) is 1. The Balaban J connectivity index is 3.24. The Bertz CT molecular complexity index is 268. The van der Waals surface area contributed by atoms with Gasteiger partial charge in [-0.1, -0.05) is 12.1 Å². The summed E-state index contributed by atoms with van der Waals surface area (Å²) in [5.74, 6) is 0.778. The molecule has 0 unspecified atom stereocenters. The predicted octanol–water partition coefficient (Wildman–Crippen LogP) is 2.34. The maximum atomic E-state index is 5.08. The highest BCUT2D eigenvalue weighted by Crippen LogP contribution is 2.29. The molecule has 2 heteroatoms. The van der Waals surface area contributed by atoms with Crippen molar-refractivity contribution in [3.8, 4) is 5.75 Å². The van der Waals surface area contributed by atoms with Gasteiger partial charge in [0, 0.05) is 0 Å². The van der Waals surface area contributed by atoms with Crippen LogP contribution in [0.1, 0.15) is 5.56 Å². The first-order valence-electron chi connectivity index (χ1n) is 3.40. The highest BCUT2D eigenvalue weighted by Gasteiger charge is 2.01. The summed E-state index contributed by atoms with van der Waals surface area (Å²) in [5, 5.41) is 0. The van der Waals surface area contributed by atoms with E-state index in [0.29, 0.717) is 0 Å². The largest absolute Gasteiger partial charge is 0.494 e. The second kappa shape index (κ2) is 3.19. The van der Waals surface area contributed by atoms with E-state index in [0.717, 1.165) is 17.0 Å². The van der Waals surface area contributed by atoms with Crippen LogP contribution in [-0.2, 0) is 0 Å². The number of hydrogen-bond donors (Lipinski definition) is 0. The Morgan fingerprint density at radius 3 is 2.64 bits per heavy atom. The Labute approximate surface area is 66.5 Å². The van der Waals surface area contributed by atoms with Crippen molar-refractivity contribution in [2.45, 2.75) is 6.92 Å². The van der Waals surface area contributed by atoms with Crippen LogP contribution in [0.25, 0.3) is 0 Å². The summed E-state index contributed by atoms with van der Waals surface area (Å²) in [7, 11) is 1.63. The highest BCUT2D eigenvalue weighted by atomic mass is 16.5. The summed E-state index contributed by atoms with van der Waals surface area (Å²) in [4.78, 5) is 3.87. The minimum atomic E-state index is 0.778. The fourth-order valence-electron chi connectivity index (χ4n) is 0.999. The predicted molar refractivity (Wildman–Crippen MR) is 46.9 cm³/mol. The maximum Gasteiger partial charge on any atom is 0.144 e. The molecular formula is C9H11NO. The van der Waals surface area contributed by atoms with Crippen LogP contribution in [0.2, 0.25) is 0 Å². The van der Waals surface area contributed by atoms with Crippen molar-refractivity contribution in [2.75, 3.05) is 7.11 Å². The summed E-state index contributed by atoms with van der Waals surface area (Å²) in [6.07, 6.45) is 0. The van der Waals surface area contributed by atoms with Gasteiger partial charge in [0.25, 0.3) is 0 Å². The van der Waals surface area contributed by atoms with Gasteiger partial charge < -0.3 is 4.74 Å². The van der Waals surface area contributed by atoms with Gasteiger partial charge in [0.1, 0.15) is 11.4 Å². The summed E-state index contributed by atoms with van der Waals surface area (Å²) in [6, 6.07) is 5.78. The second-order valence-corrected chi connectivity index (χ2v) is 2.28.